The quantitative estimate of drug-likeness (QED) is 0.867. The lowest BCUT2D eigenvalue weighted by Gasteiger charge is -2.41. The summed E-state index contributed by atoms with van der Waals surface area (Å²) >= 11 is 1.76. The number of hydrogen-bond acceptors (Lipinski definition) is 5. The number of nitrogens with one attached hydrogen (secondary N) is 2. The molecule has 6 heteroatoms. The van der Waals surface area contributed by atoms with E-state index in [0.29, 0.717) is 12.6 Å². The predicted molar refractivity (Wildman–Crippen MR) is 81.3 cm³/mol. The Kier molecular flexibility index (Phi) is 3.46. The van der Waals surface area contributed by atoms with E-state index in [-0.39, 0.29) is 5.91 Å². The SMILES string of the molecule is CNC1CCCc2sc(N3CCNC(=O)C3(C)C)nc21. The molecule has 0 aromatic carbocycles. The van der Waals surface area contributed by atoms with Crippen LogP contribution in [0.3, 0.4) is 0 Å². The molecule has 1 atom stereocenters. The van der Waals surface area contributed by atoms with Gasteiger partial charge in [0.1, 0.15) is 5.54 Å². The number of nitrogens with zero attached hydrogens (tertiary/aromatic N) is 2. The third-order valence-electron chi connectivity index (χ3n) is 4.37. The number of aromatic nitrogens is 1. The lowest BCUT2D eigenvalue weighted by atomic mass is 9.98. The van der Waals surface area contributed by atoms with Gasteiger partial charge in [0, 0.05) is 18.0 Å². The number of piperazine rings is 1. The molecule has 1 aromatic heterocycles. The molecule has 1 aliphatic carbocycles. The Balaban J connectivity index is 1.95. The highest BCUT2D eigenvalue weighted by molar-refractivity contribution is 7.15. The topological polar surface area (TPSA) is 57.3 Å². The summed E-state index contributed by atoms with van der Waals surface area (Å²) in [6, 6.07) is 0.366. The molecule has 1 amide bonds. The Morgan fingerprint density at radius 1 is 1.50 bits per heavy atom. The van der Waals surface area contributed by atoms with E-state index in [1.54, 1.807) is 11.3 Å². The number of hydrogen-bond donors (Lipinski definition) is 2. The monoisotopic (exact) mass is 294 g/mol. The van der Waals surface area contributed by atoms with Crippen LogP contribution in [0.2, 0.25) is 0 Å². The van der Waals surface area contributed by atoms with Gasteiger partial charge in [-0.05, 0) is 40.2 Å². The maximum absolute atomic E-state index is 12.1. The molecule has 20 heavy (non-hydrogen) atoms. The molecule has 0 bridgehead atoms. The maximum atomic E-state index is 12.1. The van der Waals surface area contributed by atoms with Crippen LogP contribution in [0.25, 0.3) is 0 Å². The molecule has 3 rings (SSSR count). The molecule has 0 saturated carbocycles. The van der Waals surface area contributed by atoms with E-state index < -0.39 is 5.54 Å². The first-order chi connectivity index (χ1) is 9.54. The van der Waals surface area contributed by atoms with E-state index in [9.17, 15) is 4.79 Å². The molecular weight excluding hydrogens is 272 g/mol. The van der Waals surface area contributed by atoms with Crippen molar-refractivity contribution in [3.63, 3.8) is 0 Å². The average Bonchev–Trinajstić information content (AvgIpc) is 2.85. The number of amides is 1. The second kappa shape index (κ2) is 5.00. The summed E-state index contributed by atoms with van der Waals surface area (Å²) in [5.41, 5.74) is 0.675. The highest BCUT2D eigenvalue weighted by Crippen LogP contribution is 2.38. The molecule has 2 aliphatic rings. The zero-order valence-electron chi connectivity index (χ0n) is 12.3. The van der Waals surface area contributed by atoms with Crippen LogP contribution in [0.15, 0.2) is 0 Å². The summed E-state index contributed by atoms with van der Waals surface area (Å²) in [7, 11) is 2.00. The van der Waals surface area contributed by atoms with Gasteiger partial charge in [-0.3, -0.25) is 4.79 Å². The Morgan fingerprint density at radius 3 is 3.05 bits per heavy atom. The summed E-state index contributed by atoms with van der Waals surface area (Å²) in [5, 5.41) is 7.29. The summed E-state index contributed by atoms with van der Waals surface area (Å²) < 4.78 is 0. The molecule has 1 aromatic rings. The van der Waals surface area contributed by atoms with Crippen molar-refractivity contribution in [2.45, 2.75) is 44.7 Å². The number of rotatable bonds is 2. The number of fused-ring (bicyclic) bond motifs is 1. The van der Waals surface area contributed by atoms with Gasteiger partial charge in [-0.2, -0.15) is 0 Å². The molecule has 1 saturated heterocycles. The number of aryl methyl sites for hydroxylation is 1. The summed E-state index contributed by atoms with van der Waals surface area (Å²) in [5.74, 6) is 0.0853. The van der Waals surface area contributed by atoms with Gasteiger partial charge >= 0.3 is 0 Å². The normalized spacial score (nSPS) is 25.2. The van der Waals surface area contributed by atoms with Gasteiger partial charge in [-0.1, -0.05) is 0 Å². The van der Waals surface area contributed by atoms with Gasteiger partial charge in [0.05, 0.1) is 11.7 Å². The Morgan fingerprint density at radius 2 is 2.30 bits per heavy atom. The van der Waals surface area contributed by atoms with Crippen molar-refractivity contribution in [2.24, 2.45) is 0 Å². The van der Waals surface area contributed by atoms with Crippen molar-refractivity contribution in [2.75, 3.05) is 25.0 Å². The molecule has 5 nitrogen and oxygen atoms in total. The molecule has 2 N–H and O–H groups in total. The van der Waals surface area contributed by atoms with Crippen molar-refractivity contribution in [3.05, 3.63) is 10.6 Å². The van der Waals surface area contributed by atoms with E-state index in [0.717, 1.165) is 24.5 Å². The van der Waals surface area contributed by atoms with Gasteiger partial charge in [0.25, 0.3) is 0 Å². The first-order valence-corrected chi connectivity index (χ1v) is 8.08. The van der Waals surface area contributed by atoms with Crippen LogP contribution >= 0.6 is 11.3 Å². The zero-order valence-corrected chi connectivity index (χ0v) is 13.1. The van der Waals surface area contributed by atoms with Crippen LogP contribution in [0, 0.1) is 0 Å². The predicted octanol–water partition coefficient (Wildman–Crippen LogP) is 1.45. The molecule has 110 valence electrons. The number of carbonyl (C=O) groups excluding carboxylic acids is 1. The lowest BCUT2D eigenvalue weighted by Crippen LogP contribution is -2.62. The molecule has 1 unspecified atom stereocenters. The van der Waals surface area contributed by atoms with E-state index in [4.69, 9.17) is 4.98 Å². The van der Waals surface area contributed by atoms with Gasteiger partial charge in [0.15, 0.2) is 5.13 Å². The number of thiazole rings is 1. The van der Waals surface area contributed by atoms with E-state index in [1.807, 2.05) is 20.9 Å². The fourth-order valence-corrected chi connectivity index (χ4v) is 4.37. The van der Waals surface area contributed by atoms with Crippen LogP contribution < -0.4 is 15.5 Å². The molecule has 0 spiro atoms. The lowest BCUT2D eigenvalue weighted by molar-refractivity contribution is -0.126. The van der Waals surface area contributed by atoms with Crippen molar-refractivity contribution in [1.29, 1.82) is 0 Å². The van der Waals surface area contributed by atoms with E-state index in [1.165, 1.54) is 17.0 Å². The van der Waals surface area contributed by atoms with Crippen LogP contribution in [-0.4, -0.2) is 36.6 Å². The first kappa shape index (κ1) is 13.8. The van der Waals surface area contributed by atoms with Crippen LogP contribution in [0.4, 0.5) is 5.13 Å². The first-order valence-electron chi connectivity index (χ1n) is 7.27. The highest BCUT2D eigenvalue weighted by Gasteiger charge is 2.40. The minimum Gasteiger partial charge on any atom is -0.352 e. The number of carbonyl (C=O) groups is 1. The van der Waals surface area contributed by atoms with Gasteiger partial charge < -0.3 is 15.5 Å². The third-order valence-corrected chi connectivity index (χ3v) is 5.53. The fourth-order valence-electron chi connectivity index (χ4n) is 3.04. The summed E-state index contributed by atoms with van der Waals surface area (Å²) in [6.45, 7) is 5.46. The Labute approximate surface area is 123 Å². The van der Waals surface area contributed by atoms with Gasteiger partial charge in [0.2, 0.25) is 5.91 Å². The van der Waals surface area contributed by atoms with Gasteiger partial charge in [-0.15, -0.1) is 11.3 Å². The molecular formula is C14H22N4OS. The summed E-state index contributed by atoms with van der Waals surface area (Å²) in [4.78, 5) is 20.5. The minimum absolute atomic E-state index is 0.0853. The van der Waals surface area contributed by atoms with Crippen molar-refractivity contribution in [1.82, 2.24) is 15.6 Å². The third kappa shape index (κ3) is 2.11. The van der Waals surface area contributed by atoms with Crippen LogP contribution in [0.1, 0.15) is 43.3 Å². The van der Waals surface area contributed by atoms with Crippen LogP contribution in [0.5, 0.6) is 0 Å². The van der Waals surface area contributed by atoms with Crippen molar-refractivity contribution < 1.29 is 4.79 Å². The second-order valence-corrected chi connectivity index (χ2v) is 7.07. The summed E-state index contributed by atoms with van der Waals surface area (Å²) in [6.07, 6.45) is 3.48. The zero-order chi connectivity index (χ0) is 14.3. The molecule has 1 aliphatic heterocycles. The second-order valence-electron chi connectivity index (χ2n) is 6.00. The molecule has 1 fully saturated rings. The molecule has 2 heterocycles. The Hall–Kier alpha value is -1.14. The van der Waals surface area contributed by atoms with Crippen molar-refractivity contribution in [3.8, 4) is 0 Å². The Bertz CT molecular complexity index is 525. The molecule has 0 radical (unpaired) electrons. The largest absolute Gasteiger partial charge is 0.352 e. The maximum Gasteiger partial charge on any atom is 0.245 e. The number of anilines is 1. The standard InChI is InChI=1S/C14H22N4OS/c1-14(2)12(19)16-7-8-18(14)13-17-11-9(15-3)5-4-6-10(11)20-13/h9,15H,4-8H2,1-3H3,(H,16,19). The van der Waals surface area contributed by atoms with Crippen LogP contribution in [-0.2, 0) is 11.2 Å². The van der Waals surface area contributed by atoms with E-state index >= 15 is 0 Å². The smallest absolute Gasteiger partial charge is 0.245 e. The highest BCUT2D eigenvalue weighted by atomic mass is 32.1. The minimum atomic E-state index is -0.520. The van der Waals surface area contributed by atoms with Crippen molar-refractivity contribution >= 4 is 22.4 Å². The average molecular weight is 294 g/mol. The van der Waals surface area contributed by atoms with Gasteiger partial charge in [-0.25, -0.2) is 4.98 Å². The van der Waals surface area contributed by atoms with E-state index in [2.05, 4.69) is 15.5 Å². The fraction of sp³-hybridized carbons (Fsp3) is 0.714.